The summed E-state index contributed by atoms with van der Waals surface area (Å²) in [6.07, 6.45) is 9.07. The van der Waals surface area contributed by atoms with Crippen LogP contribution in [0, 0.1) is 0 Å². The number of hydrogen-bond acceptors (Lipinski definition) is 3. The number of unbranched alkanes of at least 4 members (excludes halogenated alkanes) is 3. The fourth-order valence-electron chi connectivity index (χ4n) is 3.27. The van der Waals surface area contributed by atoms with E-state index in [-0.39, 0.29) is 18.3 Å². The first kappa shape index (κ1) is 18.2. The van der Waals surface area contributed by atoms with Crippen LogP contribution < -0.4 is 5.69 Å². The van der Waals surface area contributed by atoms with E-state index >= 15 is 0 Å². The molecule has 24 heavy (non-hydrogen) atoms. The Morgan fingerprint density at radius 3 is 2.67 bits per heavy atom. The number of aliphatic carboxylic acids is 1. The van der Waals surface area contributed by atoms with Crippen molar-refractivity contribution in [1.29, 1.82) is 0 Å². The van der Waals surface area contributed by atoms with E-state index in [0.29, 0.717) is 11.2 Å². The van der Waals surface area contributed by atoms with E-state index in [9.17, 15) is 9.59 Å². The summed E-state index contributed by atoms with van der Waals surface area (Å²) in [6, 6.07) is 3.58. The molecule has 6 nitrogen and oxygen atoms in total. The Bertz CT molecular complexity index is 733. The van der Waals surface area contributed by atoms with Crippen LogP contribution in [-0.2, 0) is 11.3 Å². The number of carboxylic acids is 1. The van der Waals surface area contributed by atoms with Gasteiger partial charge < -0.3 is 5.11 Å². The standard InChI is InChI=1S/C18H27N3O3/c1-3-5-6-7-10-14(9-4-2)21-17-15(11-8-12-19-17)20(18(21)24)13-16(22)23/h8,11-12,14H,3-7,9-10,13H2,1-2H3,(H,22,23). The van der Waals surface area contributed by atoms with Crippen LogP contribution in [0.15, 0.2) is 23.1 Å². The zero-order valence-electron chi connectivity index (χ0n) is 14.6. The van der Waals surface area contributed by atoms with Crippen molar-refractivity contribution in [3.05, 3.63) is 28.8 Å². The molecule has 1 N–H and O–H groups in total. The van der Waals surface area contributed by atoms with Crippen molar-refractivity contribution in [2.24, 2.45) is 0 Å². The molecule has 0 aliphatic heterocycles. The third kappa shape index (κ3) is 4.04. The summed E-state index contributed by atoms with van der Waals surface area (Å²) in [6.45, 7) is 3.95. The third-order valence-electron chi connectivity index (χ3n) is 4.39. The largest absolute Gasteiger partial charge is 0.480 e. The molecule has 2 aromatic rings. The molecule has 2 heterocycles. The number of aromatic nitrogens is 3. The van der Waals surface area contributed by atoms with Crippen LogP contribution in [0.1, 0.15) is 64.8 Å². The van der Waals surface area contributed by atoms with Crippen molar-refractivity contribution in [3.8, 4) is 0 Å². The number of pyridine rings is 1. The van der Waals surface area contributed by atoms with Gasteiger partial charge in [-0.05, 0) is 25.0 Å². The minimum atomic E-state index is -1.02. The molecule has 0 aromatic carbocycles. The van der Waals surface area contributed by atoms with Gasteiger partial charge >= 0.3 is 11.7 Å². The van der Waals surface area contributed by atoms with Crippen LogP contribution in [-0.4, -0.2) is 25.2 Å². The number of carboxylic acid groups (broad SMARTS) is 1. The predicted octanol–water partition coefficient (Wildman–Crippen LogP) is 3.59. The zero-order valence-corrected chi connectivity index (χ0v) is 14.6. The summed E-state index contributed by atoms with van der Waals surface area (Å²) >= 11 is 0. The van der Waals surface area contributed by atoms with E-state index in [2.05, 4.69) is 18.8 Å². The molecule has 6 heteroatoms. The van der Waals surface area contributed by atoms with Crippen molar-refractivity contribution in [2.45, 2.75) is 71.4 Å². The Kier molecular flexibility index (Phi) is 6.58. The average Bonchev–Trinajstić information content (AvgIpc) is 2.83. The van der Waals surface area contributed by atoms with Crippen molar-refractivity contribution in [2.75, 3.05) is 0 Å². The average molecular weight is 333 g/mol. The minimum absolute atomic E-state index is 0.0757. The van der Waals surface area contributed by atoms with Crippen LogP contribution in [0.3, 0.4) is 0 Å². The number of imidazole rings is 1. The second kappa shape index (κ2) is 8.66. The fourth-order valence-corrected chi connectivity index (χ4v) is 3.27. The normalized spacial score (nSPS) is 12.6. The molecule has 0 radical (unpaired) electrons. The Morgan fingerprint density at radius 1 is 1.21 bits per heavy atom. The number of carbonyl (C=O) groups is 1. The van der Waals surface area contributed by atoms with Gasteiger partial charge in [-0.25, -0.2) is 9.78 Å². The number of fused-ring (bicyclic) bond motifs is 1. The molecule has 0 bridgehead atoms. The van der Waals surface area contributed by atoms with E-state index in [1.54, 1.807) is 22.9 Å². The second-order valence-corrected chi connectivity index (χ2v) is 6.27. The molecule has 0 saturated carbocycles. The van der Waals surface area contributed by atoms with Gasteiger partial charge in [-0.1, -0.05) is 46.0 Å². The zero-order chi connectivity index (χ0) is 17.5. The molecule has 0 saturated heterocycles. The topological polar surface area (TPSA) is 77.1 Å². The predicted molar refractivity (Wildman–Crippen MR) is 94.3 cm³/mol. The van der Waals surface area contributed by atoms with E-state index in [4.69, 9.17) is 5.11 Å². The third-order valence-corrected chi connectivity index (χ3v) is 4.39. The van der Waals surface area contributed by atoms with Crippen LogP contribution in [0.5, 0.6) is 0 Å². The van der Waals surface area contributed by atoms with Crippen molar-refractivity contribution >= 4 is 17.1 Å². The lowest BCUT2D eigenvalue weighted by molar-refractivity contribution is -0.137. The van der Waals surface area contributed by atoms with Gasteiger partial charge in [-0.2, -0.15) is 0 Å². The molecule has 0 fully saturated rings. The monoisotopic (exact) mass is 333 g/mol. The van der Waals surface area contributed by atoms with Crippen molar-refractivity contribution in [3.63, 3.8) is 0 Å². The van der Waals surface area contributed by atoms with E-state index in [0.717, 1.165) is 32.1 Å². The summed E-state index contributed by atoms with van der Waals surface area (Å²) < 4.78 is 3.03. The van der Waals surface area contributed by atoms with Crippen LogP contribution in [0.4, 0.5) is 0 Å². The Hall–Kier alpha value is -2.11. The van der Waals surface area contributed by atoms with Crippen molar-refractivity contribution < 1.29 is 9.90 Å². The molecule has 0 amide bonds. The van der Waals surface area contributed by atoms with Crippen LogP contribution >= 0.6 is 0 Å². The van der Waals surface area contributed by atoms with E-state index in [1.807, 2.05) is 0 Å². The van der Waals surface area contributed by atoms with Gasteiger partial charge in [-0.15, -0.1) is 0 Å². The van der Waals surface area contributed by atoms with E-state index < -0.39 is 5.97 Å². The van der Waals surface area contributed by atoms with Gasteiger partial charge in [0.2, 0.25) is 0 Å². The number of rotatable bonds is 10. The number of nitrogens with zero attached hydrogens (tertiary/aromatic N) is 3. The fraction of sp³-hybridized carbons (Fsp3) is 0.611. The molecule has 1 unspecified atom stereocenters. The molecule has 132 valence electrons. The summed E-state index contributed by atoms with van der Waals surface area (Å²) in [5, 5.41) is 9.11. The lowest BCUT2D eigenvalue weighted by atomic mass is 10.0. The highest BCUT2D eigenvalue weighted by Crippen LogP contribution is 2.24. The van der Waals surface area contributed by atoms with Crippen LogP contribution in [0.25, 0.3) is 11.2 Å². The van der Waals surface area contributed by atoms with Crippen molar-refractivity contribution in [1.82, 2.24) is 14.1 Å². The second-order valence-electron chi connectivity index (χ2n) is 6.27. The molecule has 0 aliphatic carbocycles. The highest BCUT2D eigenvalue weighted by Gasteiger charge is 2.21. The van der Waals surface area contributed by atoms with E-state index in [1.165, 1.54) is 17.4 Å². The molecule has 0 aliphatic rings. The lowest BCUT2D eigenvalue weighted by Gasteiger charge is -2.17. The summed E-state index contributed by atoms with van der Waals surface area (Å²) in [7, 11) is 0. The first-order valence-corrected chi connectivity index (χ1v) is 8.87. The SMILES string of the molecule is CCCCCCC(CCC)n1c(=O)n(CC(=O)O)c2cccnc21. The molecule has 1 atom stereocenters. The molecule has 2 aromatic heterocycles. The van der Waals surface area contributed by atoms with Gasteiger partial charge in [0.05, 0.1) is 5.52 Å². The first-order valence-electron chi connectivity index (χ1n) is 8.87. The minimum Gasteiger partial charge on any atom is -0.480 e. The molecule has 0 spiro atoms. The lowest BCUT2D eigenvalue weighted by Crippen LogP contribution is -2.29. The highest BCUT2D eigenvalue weighted by atomic mass is 16.4. The first-order chi connectivity index (χ1) is 11.6. The summed E-state index contributed by atoms with van der Waals surface area (Å²) in [4.78, 5) is 28.3. The van der Waals surface area contributed by atoms with Crippen LogP contribution in [0.2, 0.25) is 0 Å². The molecular weight excluding hydrogens is 306 g/mol. The Balaban J connectivity index is 2.42. The van der Waals surface area contributed by atoms with Gasteiger partial charge in [0.15, 0.2) is 5.65 Å². The Morgan fingerprint density at radius 2 is 2.00 bits per heavy atom. The maximum atomic E-state index is 12.9. The maximum absolute atomic E-state index is 12.9. The smallest absolute Gasteiger partial charge is 0.331 e. The van der Waals surface area contributed by atoms with Gasteiger partial charge in [0.25, 0.3) is 0 Å². The highest BCUT2D eigenvalue weighted by molar-refractivity contribution is 5.75. The summed E-state index contributed by atoms with van der Waals surface area (Å²) in [5.41, 5.74) is 0.928. The quantitative estimate of drug-likeness (QED) is 0.674. The molecule has 2 rings (SSSR count). The maximum Gasteiger partial charge on any atom is 0.331 e. The summed E-state index contributed by atoms with van der Waals surface area (Å²) in [5.74, 6) is -1.02. The van der Waals surface area contributed by atoms with Gasteiger partial charge in [0.1, 0.15) is 6.54 Å². The van der Waals surface area contributed by atoms with Gasteiger partial charge in [0, 0.05) is 12.2 Å². The Labute approximate surface area is 142 Å². The van der Waals surface area contributed by atoms with Gasteiger partial charge in [-0.3, -0.25) is 13.9 Å². The molecular formula is C18H27N3O3. The number of hydrogen-bond donors (Lipinski definition) is 1.